The van der Waals surface area contributed by atoms with Gasteiger partial charge in [-0.2, -0.15) is 0 Å². The fourth-order valence-corrected chi connectivity index (χ4v) is 15.4. The predicted molar refractivity (Wildman–Crippen MR) is 155 cm³/mol. The second kappa shape index (κ2) is 16.6. The summed E-state index contributed by atoms with van der Waals surface area (Å²) in [6.45, 7) is 13.9. The first kappa shape index (κ1) is 30.1. The molecular formula is C32H52O2Sn. The summed E-state index contributed by atoms with van der Waals surface area (Å²) in [6, 6.07) is 17.6. The Hall–Kier alpha value is -1.16. The first-order valence-corrected chi connectivity index (χ1v) is 20.9. The van der Waals surface area contributed by atoms with E-state index in [0.29, 0.717) is 11.8 Å². The van der Waals surface area contributed by atoms with Crippen molar-refractivity contribution in [3.63, 3.8) is 0 Å². The summed E-state index contributed by atoms with van der Waals surface area (Å²) in [7, 11) is 0. The van der Waals surface area contributed by atoms with Crippen molar-refractivity contribution < 1.29 is 6.15 Å². The van der Waals surface area contributed by atoms with E-state index in [1.54, 1.807) is 0 Å². The Morgan fingerprint density at radius 1 is 0.571 bits per heavy atom. The summed E-state index contributed by atoms with van der Waals surface area (Å²) in [5, 5.41) is 0. The number of benzene rings is 2. The van der Waals surface area contributed by atoms with Gasteiger partial charge in [-0.25, -0.2) is 0 Å². The Balaban J connectivity index is 2.45. The molecule has 0 aliphatic rings. The summed E-state index contributed by atoms with van der Waals surface area (Å²) in [6.07, 6.45) is 12.1. The Bertz CT molecular complexity index is 764. The van der Waals surface area contributed by atoms with Crippen LogP contribution in [0.5, 0.6) is 11.5 Å². The molecule has 2 unspecified atom stereocenters. The molecule has 196 valence electrons. The van der Waals surface area contributed by atoms with Gasteiger partial charge in [-0.3, -0.25) is 0 Å². The zero-order chi connectivity index (χ0) is 25.5. The topological polar surface area (TPSA) is 18.5 Å². The number of para-hydroxylation sites is 2. The first-order valence-electron chi connectivity index (χ1n) is 14.6. The zero-order valence-electron chi connectivity index (χ0n) is 23.6. The molecule has 3 heteroatoms. The molecule has 0 fully saturated rings. The fraction of sp³-hybridized carbons (Fsp3) is 0.625. The third-order valence-electron chi connectivity index (χ3n) is 7.30. The molecular weight excluding hydrogens is 535 g/mol. The quantitative estimate of drug-likeness (QED) is 0.162. The third kappa shape index (κ3) is 9.67. The number of unbranched alkanes of at least 4 members (excludes halogenated alkanes) is 4. The molecule has 0 amide bonds. The van der Waals surface area contributed by atoms with Crippen molar-refractivity contribution >= 4 is 19.2 Å². The normalized spacial score (nSPS) is 13.4. The standard InChI is InChI=1S/2C12H18O.2C4H9.Sn/c2*1-3-4-7-10(2)11-8-5-6-9-12(11)13;2*1-3-4-2;/h2*5-6,8-10,13H,3-4,7H2,1-2H3;2*1,3-4H2,2H3;/q;;;;+2/p-2. The van der Waals surface area contributed by atoms with Crippen molar-refractivity contribution in [1.82, 2.24) is 0 Å². The third-order valence-corrected chi connectivity index (χ3v) is 17.0. The van der Waals surface area contributed by atoms with E-state index in [1.807, 2.05) is 0 Å². The van der Waals surface area contributed by atoms with Crippen molar-refractivity contribution in [2.75, 3.05) is 0 Å². The van der Waals surface area contributed by atoms with Crippen LogP contribution in [0, 0.1) is 0 Å². The van der Waals surface area contributed by atoms with Gasteiger partial charge in [0.15, 0.2) is 0 Å². The summed E-state index contributed by atoms with van der Waals surface area (Å²) in [5.41, 5.74) is 2.73. The van der Waals surface area contributed by atoms with E-state index in [-0.39, 0.29) is 0 Å². The van der Waals surface area contributed by atoms with Crippen molar-refractivity contribution in [3.05, 3.63) is 59.7 Å². The van der Waals surface area contributed by atoms with Gasteiger partial charge in [0.05, 0.1) is 0 Å². The predicted octanol–water partition coefficient (Wildman–Crippen LogP) is 10.8. The Morgan fingerprint density at radius 2 is 0.943 bits per heavy atom. The number of hydrogen-bond acceptors (Lipinski definition) is 2. The average Bonchev–Trinajstić information content (AvgIpc) is 2.88. The molecule has 2 rings (SSSR count). The van der Waals surface area contributed by atoms with Crippen molar-refractivity contribution in [1.29, 1.82) is 0 Å². The van der Waals surface area contributed by atoms with Crippen LogP contribution in [-0.2, 0) is 0 Å². The molecule has 2 aromatic rings. The molecule has 0 bridgehead atoms. The summed E-state index contributed by atoms with van der Waals surface area (Å²) < 4.78 is 16.7. The van der Waals surface area contributed by atoms with Crippen LogP contribution in [0.4, 0.5) is 0 Å². The van der Waals surface area contributed by atoms with Gasteiger partial charge in [0.1, 0.15) is 0 Å². The van der Waals surface area contributed by atoms with Gasteiger partial charge in [0.25, 0.3) is 0 Å². The van der Waals surface area contributed by atoms with E-state index < -0.39 is 19.2 Å². The van der Waals surface area contributed by atoms with Gasteiger partial charge >= 0.3 is 223 Å². The van der Waals surface area contributed by atoms with Gasteiger partial charge in [0.2, 0.25) is 0 Å². The van der Waals surface area contributed by atoms with Crippen LogP contribution in [-0.4, -0.2) is 19.2 Å². The van der Waals surface area contributed by atoms with Crippen molar-refractivity contribution in [3.8, 4) is 11.5 Å². The van der Waals surface area contributed by atoms with Crippen LogP contribution in [0.1, 0.15) is 129 Å². The monoisotopic (exact) mass is 588 g/mol. The van der Waals surface area contributed by atoms with E-state index in [0.717, 1.165) is 20.4 Å². The van der Waals surface area contributed by atoms with E-state index in [2.05, 4.69) is 90.1 Å². The Morgan fingerprint density at radius 3 is 1.31 bits per heavy atom. The molecule has 0 spiro atoms. The molecule has 0 N–H and O–H groups in total. The van der Waals surface area contributed by atoms with E-state index in [4.69, 9.17) is 6.15 Å². The van der Waals surface area contributed by atoms with Crippen LogP contribution >= 0.6 is 0 Å². The van der Waals surface area contributed by atoms with Crippen LogP contribution < -0.4 is 6.15 Å². The summed E-state index contributed by atoms with van der Waals surface area (Å²) >= 11 is -3.50. The molecule has 0 heterocycles. The minimum absolute atomic E-state index is 0.508. The van der Waals surface area contributed by atoms with Gasteiger partial charge in [-0.15, -0.1) is 0 Å². The molecule has 35 heavy (non-hydrogen) atoms. The van der Waals surface area contributed by atoms with Gasteiger partial charge < -0.3 is 0 Å². The second-order valence-electron chi connectivity index (χ2n) is 10.5. The minimum atomic E-state index is -3.50. The first-order chi connectivity index (χ1) is 17.0. The molecule has 0 saturated heterocycles. The van der Waals surface area contributed by atoms with Crippen LogP contribution in [0.2, 0.25) is 8.87 Å². The number of hydrogen-bond donors (Lipinski definition) is 0. The molecule has 2 aromatic carbocycles. The average molecular weight is 587 g/mol. The Kier molecular flexibility index (Phi) is 14.2. The Labute approximate surface area is 222 Å². The van der Waals surface area contributed by atoms with Crippen LogP contribution in [0.3, 0.4) is 0 Å². The zero-order valence-corrected chi connectivity index (χ0v) is 26.4. The van der Waals surface area contributed by atoms with E-state index in [9.17, 15) is 0 Å². The fourth-order valence-electron chi connectivity index (χ4n) is 4.94. The molecule has 2 nitrogen and oxygen atoms in total. The maximum absolute atomic E-state index is 7.25. The summed E-state index contributed by atoms with van der Waals surface area (Å²) in [4.78, 5) is 0. The molecule has 0 radical (unpaired) electrons. The van der Waals surface area contributed by atoms with Crippen LogP contribution in [0.15, 0.2) is 48.5 Å². The second-order valence-corrected chi connectivity index (χ2v) is 19.7. The molecule has 0 saturated carbocycles. The molecule has 0 aliphatic heterocycles. The van der Waals surface area contributed by atoms with Crippen molar-refractivity contribution in [2.24, 2.45) is 0 Å². The molecule has 0 aliphatic carbocycles. The SMILES string of the molecule is CCCCC(C)c1ccccc1[O][Sn]([CH2]CCC)([CH2]CCC)[O]c1ccccc1C(C)CCCC. The van der Waals surface area contributed by atoms with Crippen molar-refractivity contribution in [2.45, 2.75) is 126 Å². The maximum atomic E-state index is 7.25. The molecule has 2 atom stereocenters. The molecule has 0 aromatic heterocycles. The van der Waals surface area contributed by atoms with Gasteiger partial charge in [0, 0.05) is 0 Å². The van der Waals surface area contributed by atoms with Crippen LogP contribution in [0.25, 0.3) is 0 Å². The van der Waals surface area contributed by atoms with Gasteiger partial charge in [-0.1, -0.05) is 0 Å². The van der Waals surface area contributed by atoms with Gasteiger partial charge in [-0.05, 0) is 0 Å². The number of rotatable bonds is 18. The van der Waals surface area contributed by atoms with E-state index >= 15 is 0 Å². The summed E-state index contributed by atoms with van der Waals surface area (Å²) in [5.74, 6) is 3.20. The van der Waals surface area contributed by atoms with E-state index in [1.165, 1.54) is 75.3 Å².